The Balaban J connectivity index is 2.66. The van der Waals surface area contributed by atoms with Crippen LogP contribution in [0.1, 0.15) is 52.7 Å². The first-order valence-corrected chi connectivity index (χ1v) is 8.97. The molecule has 1 nitrogen and oxygen atoms in total. The van der Waals surface area contributed by atoms with E-state index in [9.17, 15) is 4.79 Å². The second kappa shape index (κ2) is 4.69. The van der Waals surface area contributed by atoms with Crippen molar-refractivity contribution in [2.45, 2.75) is 52.4 Å². The van der Waals surface area contributed by atoms with E-state index in [2.05, 4.69) is 6.92 Å². The summed E-state index contributed by atoms with van der Waals surface area (Å²) >= 11 is 25.8. The molecule has 0 amide bonds. The van der Waals surface area contributed by atoms with Crippen molar-refractivity contribution in [1.82, 2.24) is 0 Å². The van der Waals surface area contributed by atoms with Gasteiger partial charge in [-0.15, -0.1) is 0 Å². The van der Waals surface area contributed by atoms with Crippen LogP contribution in [0.25, 0.3) is 0 Å². The fraction of sp³-hybridized carbons (Fsp3) is 0.500. The molecule has 0 aliphatic heterocycles. The van der Waals surface area contributed by atoms with Gasteiger partial charge < -0.3 is 0 Å². The molecule has 0 N–H and O–H groups in total. The molecule has 0 saturated heterocycles. The molecule has 0 spiro atoms. The van der Waals surface area contributed by atoms with Gasteiger partial charge in [-0.2, -0.15) is 0 Å². The third kappa shape index (κ3) is 1.61. The van der Waals surface area contributed by atoms with Crippen LogP contribution in [0.5, 0.6) is 0 Å². The van der Waals surface area contributed by atoms with Crippen molar-refractivity contribution in [1.29, 1.82) is 0 Å². The van der Waals surface area contributed by atoms with Gasteiger partial charge in [0.05, 0.1) is 25.5 Å². The summed E-state index contributed by atoms with van der Waals surface area (Å²) in [5.41, 5.74) is 1.69. The number of carbonyl (C=O) groups is 1. The highest BCUT2D eigenvalue weighted by molar-refractivity contribution is 6.52. The molecule has 0 fully saturated rings. The standard InChI is InChI=1S/C18H18Cl4O/c1-7-8(2)18(6)10-9(11(19)13(21)14(22)12(10)20)17(7,5)15(23)16(18,3)4/h1-6H3/t17-,18-/m1/s1. The lowest BCUT2D eigenvalue weighted by molar-refractivity contribution is -0.137. The minimum Gasteiger partial charge on any atom is -0.298 e. The summed E-state index contributed by atoms with van der Waals surface area (Å²) in [6, 6.07) is 0. The van der Waals surface area contributed by atoms with E-state index in [1.165, 1.54) is 0 Å². The molecule has 4 rings (SSSR count). The lowest BCUT2D eigenvalue weighted by atomic mass is 9.41. The molecule has 0 saturated carbocycles. The highest BCUT2D eigenvalue weighted by Gasteiger charge is 2.66. The molecule has 0 radical (unpaired) electrons. The Labute approximate surface area is 156 Å². The zero-order valence-corrected chi connectivity index (χ0v) is 16.9. The predicted octanol–water partition coefficient (Wildman–Crippen LogP) is 6.77. The summed E-state index contributed by atoms with van der Waals surface area (Å²) in [5, 5.41) is 1.20. The summed E-state index contributed by atoms with van der Waals surface area (Å²) in [4.78, 5) is 13.4. The maximum Gasteiger partial charge on any atom is 0.154 e. The molecule has 2 bridgehead atoms. The molecule has 23 heavy (non-hydrogen) atoms. The van der Waals surface area contributed by atoms with Crippen molar-refractivity contribution >= 4 is 52.2 Å². The van der Waals surface area contributed by atoms with Crippen LogP contribution >= 0.6 is 46.4 Å². The number of fused-ring (bicyclic) bond motifs is 1. The minimum atomic E-state index is -0.838. The molecule has 0 unspecified atom stereocenters. The molecular formula is C18H18Cl4O. The van der Waals surface area contributed by atoms with Gasteiger partial charge in [-0.1, -0.05) is 78.3 Å². The number of benzene rings is 1. The summed E-state index contributed by atoms with van der Waals surface area (Å²) in [5.74, 6) is 0.138. The van der Waals surface area contributed by atoms with E-state index in [0.29, 0.717) is 15.6 Å². The van der Waals surface area contributed by atoms with Gasteiger partial charge in [0.15, 0.2) is 5.78 Å². The van der Waals surface area contributed by atoms with Gasteiger partial charge in [0.25, 0.3) is 0 Å². The number of Topliss-reactive ketones (excluding diaryl/α,β-unsaturated/α-hetero) is 1. The molecule has 1 aromatic rings. The van der Waals surface area contributed by atoms with Gasteiger partial charge in [0.1, 0.15) is 0 Å². The van der Waals surface area contributed by atoms with Crippen molar-refractivity contribution in [3.8, 4) is 0 Å². The Bertz CT molecular complexity index is 821. The fourth-order valence-corrected chi connectivity index (χ4v) is 5.84. The molecule has 124 valence electrons. The van der Waals surface area contributed by atoms with Crippen LogP contribution in [0.2, 0.25) is 20.1 Å². The number of halogens is 4. The first-order chi connectivity index (χ1) is 10.4. The molecule has 3 aliphatic carbocycles. The number of ketones is 1. The van der Waals surface area contributed by atoms with Crippen molar-refractivity contribution in [2.75, 3.05) is 0 Å². The Morgan fingerprint density at radius 3 is 1.61 bits per heavy atom. The van der Waals surface area contributed by atoms with Gasteiger partial charge in [-0.3, -0.25) is 4.79 Å². The topological polar surface area (TPSA) is 17.1 Å². The zero-order chi connectivity index (χ0) is 17.7. The van der Waals surface area contributed by atoms with Gasteiger partial charge >= 0.3 is 0 Å². The van der Waals surface area contributed by atoms with Crippen LogP contribution in [0.15, 0.2) is 11.1 Å². The summed E-state index contributed by atoms with van der Waals surface area (Å²) in [6.45, 7) is 12.0. The van der Waals surface area contributed by atoms with Crippen LogP contribution < -0.4 is 0 Å². The molecule has 1 aromatic carbocycles. The fourth-order valence-electron chi connectivity index (χ4n) is 4.61. The van der Waals surface area contributed by atoms with Crippen LogP contribution in [0.4, 0.5) is 0 Å². The van der Waals surface area contributed by atoms with E-state index in [1.807, 2.05) is 34.6 Å². The predicted molar refractivity (Wildman–Crippen MR) is 98.3 cm³/mol. The summed E-state index contributed by atoms with van der Waals surface area (Å²) < 4.78 is 0. The number of hydrogen-bond acceptors (Lipinski definition) is 1. The zero-order valence-electron chi connectivity index (χ0n) is 13.9. The molecular weight excluding hydrogens is 374 g/mol. The number of hydrogen-bond donors (Lipinski definition) is 0. The number of allylic oxidation sites excluding steroid dienone is 2. The molecule has 0 aromatic heterocycles. The summed E-state index contributed by atoms with van der Waals surface area (Å²) in [7, 11) is 0. The average molecular weight is 392 g/mol. The van der Waals surface area contributed by atoms with E-state index in [1.54, 1.807) is 0 Å². The molecule has 3 aliphatic rings. The Hall–Kier alpha value is -0.210. The Kier molecular flexibility index (Phi) is 3.59. The maximum absolute atomic E-state index is 13.4. The molecule has 2 atom stereocenters. The quantitative estimate of drug-likeness (QED) is 0.270. The highest BCUT2D eigenvalue weighted by atomic mass is 35.5. The Morgan fingerprint density at radius 2 is 1.13 bits per heavy atom. The number of rotatable bonds is 0. The van der Waals surface area contributed by atoms with E-state index in [4.69, 9.17) is 46.4 Å². The first kappa shape index (κ1) is 17.6. The highest BCUT2D eigenvalue weighted by Crippen LogP contribution is 2.67. The van der Waals surface area contributed by atoms with Crippen LogP contribution in [0.3, 0.4) is 0 Å². The normalized spacial score (nSPS) is 31.7. The largest absolute Gasteiger partial charge is 0.298 e. The van der Waals surface area contributed by atoms with E-state index in [-0.39, 0.29) is 15.8 Å². The van der Waals surface area contributed by atoms with Gasteiger partial charge in [-0.25, -0.2) is 0 Å². The van der Waals surface area contributed by atoms with Gasteiger partial charge in [-0.05, 0) is 31.9 Å². The van der Waals surface area contributed by atoms with Crippen molar-refractivity contribution < 1.29 is 4.79 Å². The lowest BCUT2D eigenvalue weighted by Gasteiger charge is -2.60. The van der Waals surface area contributed by atoms with Gasteiger partial charge in [0, 0.05) is 10.8 Å². The van der Waals surface area contributed by atoms with E-state index < -0.39 is 16.2 Å². The van der Waals surface area contributed by atoms with Crippen LogP contribution in [-0.4, -0.2) is 5.78 Å². The van der Waals surface area contributed by atoms with Gasteiger partial charge in [0.2, 0.25) is 0 Å². The minimum absolute atomic E-state index is 0.138. The Morgan fingerprint density at radius 1 is 0.696 bits per heavy atom. The van der Waals surface area contributed by atoms with Crippen LogP contribution in [-0.2, 0) is 15.6 Å². The second-order valence-electron chi connectivity index (χ2n) is 7.46. The van der Waals surface area contributed by atoms with Crippen molar-refractivity contribution in [2.24, 2.45) is 5.41 Å². The lowest BCUT2D eigenvalue weighted by Crippen LogP contribution is -2.63. The second-order valence-corrected chi connectivity index (χ2v) is 8.97. The van der Waals surface area contributed by atoms with Crippen LogP contribution in [0, 0.1) is 5.41 Å². The number of carbonyl (C=O) groups excluding carboxylic acids is 1. The van der Waals surface area contributed by atoms with Crippen molar-refractivity contribution in [3.63, 3.8) is 0 Å². The van der Waals surface area contributed by atoms with E-state index in [0.717, 1.165) is 16.7 Å². The summed E-state index contributed by atoms with van der Waals surface area (Å²) in [6.07, 6.45) is 0. The smallest absolute Gasteiger partial charge is 0.154 e. The average Bonchev–Trinajstić information content (AvgIpc) is 2.49. The van der Waals surface area contributed by atoms with Crippen molar-refractivity contribution in [3.05, 3.63) is 42.4 Å². The molecule has 0 heterocycles. The maximum atomic E-state index is 13.4. The first-order valence-electron chi connectivity index (χ1n) is 7.46. The monoisotopic (exact) mass is 390 g/mol. The third-order valence-electron chi connectivity index (χ3n) is 6.60. The molecule has 5 heteroatoms. The third-order valence-corrected chi connectivity index (χ3v) is 8.40. The van der Waals surface area contributed by atoms with E-state index >= 15 is 0 Å². The SMILES string of the molecule is CC1=C(C)[C@]2(C)c3c(Cl)c(Cl)c(Cl)c(Cl)c3[C@]1(C)C(=O)C2(C)C.